The molecule has 108 valence electrons. The Morgan fingerprint density at radius 2 is 2.24 bits per heavy atom. The van der Waals surface area contributed by atoms with Crippen LogP contribution in [-0.4, -0.2) is 26.5 Å². The van der Waals surface area contributed by atoms with E-state index in [4.69, 9.17) is 22.1 Å². The molecule has 3 aromatic rings. The Bertz CT molecular complexity index is 791. The molecule has 0 saturated carbocycles. The minimum absolute atomic E-state index is 0.177. The molecule has 0 saturated heterocycles. The molecule has 1 aromatic carbocycles. The molecule has 2 heterocycles. The van der Waals surface area contributed by atoms with E-state index < -0.39 is 0 Å². The molecule has 0 aliphatic carbocycles. The van der Waals surface area contributed by atoms with Gasteiger partial charge >= 0.3 is 0 Å². The maximum absolute atomic E-state index is 6.05. The number of benzene rings is 1. The third kappa shape index (κ3) is 3.03. The number of halogens is 1. The van der Waals surface area contributed by atoms with Gasteiger partial charge in [0.2, 0.25) is 5.95 Å². The van der Waals surface area contributed by atoms with Crippen LogP contribution in [0.1, 0.15) is 6.92 Å². The lowest BCUT2D eigenvalue weighted by Gasteiger charge is -2.01. The first-order valence-corrected chi connectivity index (χ1v) is 7.43. The predicted octanol–water partition coefficient (Wildman–Crippen LogP) is 3.14. The summed E-state index contributed by atoms with van der Waals surface area (Å²) in [4.78, 5) is 15.6. The van der Waals surface area contributed by atoms with Crippen LogP contribution >= 0.6 is 23.4 Å². The molecule has 0 fully saturated rings. The van der Waals surface area contributed by atoms with Crippen LogP contribution in [0.25, 0.3) is 11.0 Å². The summed E-state index contributed by atoms with van der Waals surface area (Å²) in [5.41, 5.74) is 7.30. The van der Waals surface area contributed by atoms with Crippen molar-refractivity contribution in [1.29, 1.82) is 0 Å². The minimum Gasteiger partial charge on any atom is -0.494 e. The Hall–Kier alpha value is -1.99. The van der Waals surface area contributed by atoms with Crippen molar-refractivity contribution in [3.05, 3.63) is 29.4 Å². The normalized spacial score (nSPS) is 11.0. The SMILES string of the molecule is CCOc1ccc2nc(Sc3nc(N)ncc3Cl)[nH]c2c1. The Kier molecular flexibility index (Phi) is 3.85. The first-order valence-electron chi connectivity index (χ1n) is 6.24. The number of nitrogen functional groups attached to an aromatic ring is 1. The summed E-state index contributed by atoms with van der Waals surface area (Å²) in [5.74, 6) is 0.978. The number of nitrogens with two attached hydrogens (primary N) is 1. The molecule has 8 heteroatoms. The van der Waals surface area contributed by atoms with Gasteiger partial charge in [-0.2, -0.15) is 0 Å². The number of fused-ring (bicyclic) bond motifs is 1. The Labute approximate surface area is 130 Å². The second-order valence-corrected chi connectivity index (χ2v) is 5.52. The number of H-pyrrole nitrogens is 1. The van der Waals surface area contributed by atoms with E-state index in [2.05, 4.69) is 19.9 Å². The van der Waals surface area contributed by atoms with Gasteiger partial charge < -0.3 is 15.5 Å². The number of nitrogens with one attached hydrogen (secondary N) is 1. The highest BCUT2D eigenvalue weighted by Gasteiger charge is 2.10. The van der Waals surface area contributed by atoms with E-state index in [1.807, 2.05) is 25.1 Å². The number of anilines is 1. The summed E-state index contributed by atoms with van der Waals surface area (Å²) in [6.45, 7) is 2.57. The highest BCUT2D eigenvalue weighted by Crippen LogP contribution is 2.31. The number of aromatic amines is 1. The number of nitrogens with zero attached hydrogens (tertiary/aromatic N) is 3. The van der Waals surface area contributed by atoms with Gasteiger partial charge in [0.05, 0.1) is 28.9 Å². The fourth-order valence-corrected chi connectivity index (χ4v) is 2.78. The topological polar surface area (TPSA) is 89.7 Å². The first-order chi connectivity index (χ1) is 10.2. The average Bonchev–Trinajstić information content (AvgIpc) is 2.85. The molecule has 6 nitrogen and oxygen atoms in total. The number of ether oxygens (including phenoxy) is 1. The van der Waals surface area contributed by atoms with Crippen molar-refractivity contribution in [1.82, 2.24) is 19.9 Å². The largest absolute Gasteiger partial charge is 0.494 e. The highest BCUT2D eigenvalue weighted by atomic mass is 35.5. The molecule has 0 spiro atoms. The molecule has 0 aliphatic rings. The minimum atomic E-state index is 0.177. The second kappa shape index (κ2) is 5.79. The zero-order valence-electron chi connectivity index (χ0n) is 11.1. The lowest BCUT2D eigenvalue weighted by molar-refractivity contribution is 0.340. The van der Waals surface area contributed by atoms with E-state index in [-0.39, 0.29) is 5.95 Å². The van der Waals surface area contributed by atoms with Crippen LogP contribution in [0.5, 0.6) is 5.75 Å². The number of hydrogen-bond acceptors (Lipinski definition) is 6. The fourth-order valence-electron chi connectivity index (χ4n) is 1.80. The zero-order valence-corrected chi connectivity index (χ0v) is 12.7. The van der Waals surface area contributed by atoms with Crippen molar-refractivity contribution in [3.63, 3.8) is 0 Å². The van der Waals surface area contributed by atoms with Crippen LogP contribution in [0.3, 0.4) is 0 Å². The third-order valence-electron chi connectivity index (χ3n) is 2.67. The van der Waals surface area contributed by atoms with Crippen molar-refractivity contribution < 1.29 is 4.74 Å². The molecule has 3 N–H and O–H groups in total. The summed E-state index contributed by atoms with van der Waals surface area (Å²) in [7, 11) is 0. The Morgan fingerprint density at radius 1 is 1.38 bits per heavy atom. The molecule has 3 rings (SSSR count). The van der Waals surface area contributed by atoms with Gasteiger partial charge in [0, 0.05) is 6.07 Å². The maximum Gasteiger partial charge on any atom is 0.221 e. The molecule has 2 aromatic heterocycles. The summed E-state index contributed by atoms with van der Waals surface area (Å²) < 4.78 is 5.46. The van der Waals surface area contributed by atoms with Crippen LogP contribution in [0.2, 0.25) is 5.02 Å². The predicted molar refractivity (Wildman–Crippen MR) is 82.8 cm³/mol. The van der Waals surface area contributed by atoms with E-state index >= 15 is 0 Å². The van der Waals surface area contributed by atoms with E-state index in [1.54, 1.807) is 0 Å². The second-order valence-electron chi connectivity index (χ2n) is 4.14. The number of hydrogen-bond donors (Lipinski definition) is 2. The molecular weight excluding hydrogens is 310 g/mol. The van der Waals surface area contributed by atoms with Crippen LogP contribution in [-0.2, 0) is 0 Å². The van der Waals surface area contributed by atoms with Crippen molar-refractivity contribution in [2.24, 2.45) is 0 Å². The van der Waals surface area contributed by atoms with E-state index in [1.165, 1.54) is 18.0 Å². The van der Waals surface area contributed by atoms with Crippen molar-refractivity contribution >= 4 is 40.3 Å². The fraction of sp³-hybridized carbons (Fsp3) is 0.154. The van der Waals surface area contributed by atoms with Gasteiger partial charge in [0.15, 0.2) is 5.16 Å². The summed E-state index contributed by atoms with van der Waals surface area (Å²) in [6.07, 6.45) is 1.47. The third-order valence-corrected chi connectivity index (χ3v) is 3.95. The van der Waals surface area contributed by atoms with Crippen molar-refractivity contribution in [2.75, 3.05) is 12.3 Å². The maximum atomic E-state index is 6.05. The monoisotopic (exact) mass is 321 g/mol. The highest BCUT2D eigenvalue weighted by molar-refractivity contribution is 7.99. The molecule has 21 heavy (non-hydrogen) atoms. The van der Waals surface area contributed by atoms with E-state index in [0.717, 1.165) is 16.8 Å². The molecule has 0 atom stereocenters. The molecule has 0 amide bonds. The van der Waals surface area contributed by atoms with Gasteiger partial charge in [-0.05, 0) is 30.8 Å². The van der Waals surface area contributed by atoms with Crippen LogP contribution in [0, 0.1) is 0 Å². The quantitative estimate of drug-likeness (QED) is 0.717. The average molecular weight is 322 g/mol. The Morgan fingerprint density at radius 3 is 3.05 bits per heavy atom. The van der Waals surface area contributed by atoms with Gasteiger partial charge in [0.25, 0.3) is 0 Å². The lowest BCUT2D eigenvalue weighted by Crippen LogP contribution is -1.95. The van der Waals surface area contributed by atoms with E-state index in [0.29, 0.717) is 21.8 Å². The Balaban J connectivity index is 1.92. The van der Waals surface area contributed by atoms with Crippen LogP contribution in [0.4, 0.5) is 5.95 Å². The molecular formula is C13H12ClN5OS. The number of rotatable bonds is 4. The van der Waals surface area contributed by atoms with Gasteiger partial charge in [0.1, 0.15) is 10.8 Å². The smallest absolute Gasteiger partial charge is 0.221 e. The van der Waals surface area contributed by atoms with Crippen molar-refractivity contribution in [3.8, 4) is 5.75 Å². The summed E-state index contributed by atoms with van der Waals surface area (Å²) in [5, 5.41) is 1.68. The molecule has 0 unspecified atom stereocenters. The molecule has 0 aliphatic heterocycles. The van der Waals surface area contributed by atoms with E-state index in [9.17, 15) is 0 Å². The summed E-state index contributed by atoms with van der Waals surface area (Å²) in [6, 6.07) is 5.69. The first kappa shape index (κ1) is 14.0. The van der Waals surface area contributed by atoms with Gasteiger partial charge in [-0.1, -0.05) is 11.6 Å². The van der Waals surface area contributed by atoms with Gasteiger partial charge in [-0.25, -0.2) is 15.0 Å². The van der Waals surface area contributed by atoms with Crippen molar-refractivity contribution in [2.45, 2.75) is 17.1 Å². The molecule has 0 bridgehead atoms. The van der Waals surface area contributed by atoms with Gasteiger partial charge in [-0.3, -0.25) is 0 Å². The van der Waals surface area contributed by atoms with Crippen LogP contribution < -0.4 is 10.5 Å². The van der Waals surface area contributed by atoms with Gasteiger partial charge in [-0.15, -0.1) is 0 Å². The number of imidazole rings is 1. The summed E-state index contributed by atoms with van der Waals surface area (Å²) >= 11 is 7.35. The lowest BCUT2D eigenvalue weighted by atomic mass is 10.3. The molecule has 0 radical (unpaired) electrons. The standard InChI is InChI=1S/C13H12ClN5OS/c1-2-20-7-3-4-9-10(5-7)18-13(17-9)21-11-8(14)6-16-12(15)19-11/h3-6H,2H2,1H3,(H,17,18)(H2,15,16,19). The zero-order chi connectivity index (χ0) is 14.8. The van der Waals surface area contributed by atoms with Crippen LogP contribution in [0.15, 0.2) is 34.6 Å². The number of aromatic nitrogens is 4.